The van der Waals surface area contributed by atoms with Gasteiger partial charge in [0.25, 0.3) is 5.91 Å². The summed E-state index contributed by atoms with van der Waals surface area (Å²) in [5.74, 6) is -0.442. The maximum absolute atomic E-state index is 12.0. The van der Waals surface area contributed by atoms with Crippen LogP contribution in [0.15, 0.2) is 42.6 Å². The lowest BCUT2D eigenvalue weighted by Gasteiger charge is -2.15. The van der Waals surface area contributed by atoms with Crippen molar-refractivity contribution in [3.8, 4) is 5.75 Å². The molecule has 0 unspecified atom stereocenters. The number of aromatic nitrogens is 1. The van der Waals surface area contributed by atoms with Gasteiger partial charge >= 0.3 is 0 Å². The lowest BCUT2D eigenvalue weighted by atomic mass is 10.2. The Labute approximate surface area is 132 Å². The largest absolute Gasteiger partial charge is 0.481 e. The molecule has 0 radical (unpaired) electrons. The molecule has 2 amide bonds. The number of pyridine rings is 1. The maximum Gasteiger partial charge on any atom is 0.265 e. The second-order valence-electron chi connectivity index (χ2n) is 4.48. The molecule has 2 aromatic rings. The lowest BCUT2D eigenvalue weighted by Crippen LogP contribution is -2.30. The Balaban J connectivity index is 1.99. The maximum atomic E-state index is 12.0. The summed E-state index contributed by atoms with van der Waals surface area (Å²) in [6.07, 6.45) is 0.772. The van der Waals surface area contributed by atoms with Crippen molar-refractivity contribution in [2.75, 3.05) is 5.32 Å². The fraction of sp³-hybridized carbons (Fsp3) is 0.133. The molecule has 0 aliphatic heterocycles. The Kier molecular flexibility index (Phi) is 4.95. The van der Waals surface area contributed by atoms with Crippen LogP contribution in [-0.2, 0) is 4.79 Å². The molecule has 0 fully saturated rings. The van der Waals surface area contributed by atoms with Crippen molar-refractivity contribution < 1.29 is 14.3 Å². The van der Waals surface area contributed by atoms with Crippen LogP contribution in [0, 0.1) is 0 Å². The number of hydrogen-bond acceptors (Lipinski definition) is 4. The van der Waals surface area contributed by atoms with E-state index in [-0.39, 0.29) is 11.1 Å². The number of primary amides is 1. The van der Waals surface area contributed by atoms with Crippen molar-refractivity contribution in [1.29, 1.82) is 0 Å². The Hall–Kier alpha value is -2.60. The molecule has 0 bridgehead atoms. The number of ether oxygens (including phenoxy) is 1. The number of nitrogens with one attached hydrogen (secondary N) is 1. The molecule has 7 heteroatoms. The predicted octanol–water partition coefficient (Wildman–Crippen LogP) is 2.24. The average molecular weight is 320 g/mol. The SMILES string of the molecule is C[C@@H](Oc1ccc(C(N)=O)cc1)C(=O)Nc1cccnc1Cl. The molecule has 0 aliphatic carbocycles. The number of anilines is 1. The summed E-state index contributed by atoms with van der Waals surface area (Å²) >= 11 is 5.87. The Morgan fingerprint density at radius 3 is 2.55 bits per heavy atom. The van der Waals surface area contributed by atoms with Crippen molar-refractivity contribution >= 4 is 29.1 Å². The highest BCUT2D eigenvalue weighted by Gasteiger charge is 2.16. The molecule has 2 rings (SSSR count). The van der Waals surface area contributed by atoms with E-state index in [1.54, 1.807) is 31.2 Å². The first-order chi connectivity index (χ1) is 10.5. The van der Waals surface area contributed by atoms with E-state index in [0.717, 1.165) is 0 Å². The molecule has 1 aromatic carbocycles. The van der Waals surface area contributed by atoms with Crippen molar-refractivity contribution in [2.24, 2.45) is 5.73 Å². The second-order valence-corrected chi connectivity index (χ2v) is 4.84. The van der Waals surface area contributed by atoms with Crippen LogP contribution in [0.3, 0.4) is 0 Å². The van der Waals surface area contributed by atoms with Crippen LogP contribution in [0.1, 0.15) is 17.3 Å². The van der Waals surface area contributed by atoms with Gasteiger partial charge in [0.05, 0.1) is 5.69 Å². The summed E-state index contributed by atoms with van der Waals surface area (Å²) in [6, 6.07) is 9.50. The summed E-state index contributed by atoms with van der Waals surface area (Å²) < 4.78 is 5.50. The molecular weight excluding hydrogens is 306 g/mol. The molecule has 6 nitrogen and oxygen atoms in total. The van der Waals surface area contributed by atoms with Crippen molar-refractivity contribution in [3.05, 3.63) is 53.3 Å². The number of benzene rings is 1. The summed E-state index contributed by atoms with van der Waals surface area (Å²) in [6.45, 7) is 1.60. The predicted molar refractivity (Wildman–Crippen MR) is 82.9 cm³/mol. The number of halogens is 1. The second kappa shape index (κ2) is 6.91. The highest BCUT2D eigenvalue weighted by atomic mass is 35.5. The van der Waals surface area contributed by atoms with Gasteiger partial charge in [0, 0.05) is 11.8 Å². The third kappa shape index (κ3) is 3.95. The van der Waals surface area contributed by atoms with Gasteiger partial charge in [-0.25, -0.2) is 4.98 Å². The van der Waals surface area contributed by atoms with Gasteiger partial charge in [0.1, 0.15) is 5.75 Å². The first kappa shape index (κ1) is 15.8. The smallest absolute Gasteiger partial charge is 0.265 e. The van der Waals surface area contributed by atoms with Gasteiger partial charge in [0.2, 0.25) is 5.91 Å². The number of nitrogens with two attached hydrogens (primary N) is 1. The van der Waals surface area contributed by atoms with Crippen LogP contribution in [0.5, 0.6) is 5.75 Å². The van der Waals surface area contributed by atoms with Gasteiger partial charge in [-0.3, -0.25) is 9.59 Å². The summed E-state index contributed by atoms with van der Waals surface area (Å²) in [7, 11) is 0. The normalized spacial score (nSPS) is 11.5. The first-order valence-electron chi connectivity index (χ1n) is 6.45. The van der Waals surface area contributed by atoms with Gasteiger partial charge in [0.15, 0.2) is 11.3 Å². The quantitative estimate of drug-likeness (QED) is 0.826. The van der Waals surface area contributed by atoms with Crippen LogP contribution < -0.4 is 15.8 Å². The van der Waals surface area contributed by atoms with Gasteiger partial charge < -0.3 is 15.8 Å². The van der Waals surface area contributed by atoms with Crippen LogP contribution in [-0.4, -0.2) is 22.9 Å². The molecule has 0 saturated heterocycles. The van der Waals surface area contributed by atoms with Gasteiger partial charge in [-0.05, 0) is 43.3 Å². The van der Waals surface area contributed by atoms with Crippen LogP contribution in [0.25, 0.3) is 0 Å². The van der Waals surface area contributed by atoms with E-state index in [1.807, 2.05) is 0 Å². The molecule has 1 atom stereocenters. The molecular formula is C15H14ClN3O3. The van der Waals surface area contributed by atoms with E-state index in [9.17, 15) is 9.59 Å². The fourth-order valence-corrected chi connectivity index (χ4v) is 1.84. The van der Waals surface area contributed by atoms with Crippen molar-refractivity contribution in [2.45, 2.75) is 13.0 Å². The van der Waals surface area contributed by atoms with Crippen LogP contribution >= 0.6 is 11.6 Å². The zero-order valence-corrected chi connectivity index (χ0v) is 12.5. The Morgan fingerprint density at radius 2 is 1.95 bits per heavy atom. The molecule has 1 heterocycles. The minimum Gasteiger partial charge on any atom is -0.481 e. The third-order valence-corrected chi connectivity index (χ3v) is 3.14. The monoisotopic (exact) mass is 319 g/mol. The minimum absolute atomic E-state index is 0.203. The van der Waals surface area contributed by atoms with Gasteiger partial charge in [-0.2, -0.15) is 0 Å². The number of nitrogens with zero attached hydrogens (tertiary/aromatic N) is 1. The van der Waals surface area contributed by atoms with E-state index in [1.165, 1.54) is 18.3 Å². The average Bonchev–Trinajstić information content (AvgIpc) is 2.50. The Morgan fingerprint density at radius 1 is 1.27 bits per heavy atom. The number of carbonyl (C=O) groups is 2. The number of amides is 2. The molecule has 0 spiro atoms. The van der Waals surface area contributed by atoms with Crippen molar-refractivity contribution in [3.63, 3.8) is 0 Å². The standard InChI is InChI=1S/C15H14ClN3O3/c1-9(15(21)19-12-3-2-8-18-13(12)16)22-11-6-4-10(5-7-11)14(17)20/h2-9H,1H3,(H2,17,20)(H,19,21)/t9-/m1/s1. The summed E-state index contributed by atoms with van der Waals surface area (Å²) in [5.41, 5.74) is 5.93. The zero-order chi connectivity index (χ0) is 16.1. The number of hydrogen-bond donors (Lipinski definition) is 2. The first-order valence-corrected chi connectivity index (χ1v) is 6.83. The molecule has 114 valence electrons. The summed E-state index contributed by atoms with van der Waals surface area (Å²) in [4.78, 5) is 26.9. The highest BCUT2D eigenvalue weighted by molar-refractivity contribution is 6.32. The zero-order valence-electron chi connectivity index (χ0n) is 11.7. The molecule has 1 aromatic heterocycles. The Bertz CT molecular complexity index is 689. The number of carbonyl (C=O) groups excluding carboxylic acids is 2. The van der Waals surface area contributed by atoms with E-state index < -0.39 is 12.0 Å². The molecule has 0 saturated carbocycles. The molecule has 22 heavy (non-hydrogen) atoms. The molecule has 0 aliphatic rings. The van der Waals surface area contributed by atoms with Gasteiger partial charge in [-0.1, -0.05) is 11.6 Å². The topological polar surface area (TPSA) is 94.3 Å². The van der Waals surface area contributed by atoms with E-state index in [0.29, 0.717) is 17.0 Å². The van der Waals surface area contributed by atoms with Crippen LogP contribution in [0.4, 0.5) is 5.69 Å². The fourth-order valence-electron chi connectivity index (χ4n) is 1.67. The number of rotatable bonds is 5. The van der Waals surface area contributed by atoms with Crippen LogP contribution in [0.2, 0.25) is 5.15 Å². The summed E-state index contributed by atoms with van der Waals surface area (Å²) in [5, 5.41) is 2.83. The van der Waals surface area contributed by atoms with Gasteiger partial charge in [-0.15, -0.1) is 0 Å². The molecule has 3 N–H and O–H groups in total. The van der Waals surface area contributed by atoms with E-state index in [2.05, 4.69) is 10.3 Å². The minimum atomic E-state index is -0.754. The van der Waals surface area contributed by atoms with Crippen molar-refractivity contribution in [1.82, 2.24) is 4.98 Å². The van der Waals surface area contributed by atoms with E-state index >= 15 is 0 Å². The highest BCUT2D eigenvalue weighted by Crippen LogP contribution is 2.19. The van der Waals surface area contributed by atoms with E-state index in [4.69, 9.17) is 22.1 Å². The third-order valence-electron chi connectivity index (χ3n) is 2.84. The lowest BCUT2D eigenvalue weighted by molar-refractivity contribution is -0.122.